The molecule has 0 amide bonds. The summed E-state index contributed by atoms with van der Waals surface area (Å²) in [6.07, 6.45) is 2.49. The first-order valence-corrected chi connectivity index (χ1v) is 8.28. The molecule has 4 nitrogen and oxygen atoms in total. The van der Waals surface area contributed by atoms with Gasteiger partial charge in [-0.05, 0) is 30.0 Å². The summed E-state index contributed by atoms with van der Waals surface area (Å²) in [6.45, 7) is 8.71. The number of morpholine rings is 1. The van der Waals surface area contributed by atoms with Gasteiger partial charge in [0.15, 0.2) is 0 Å². The molecule has 3 aliphatic rings. The molecule has 1 aromatic carbocycles. The lowest BCUT2D eigenvalue weighted by Crippen LogP contribution is -2.44. The third-order valence-corrected chi connectivity index (χ3v) is 5.10. The van der Waals surface area contributed by atoms with Gasteiger partial charge < -0.3 is 10.1 Å². The Kier molecular flexibility index (Phi) is 3.84. The molecular formula is C17H25N3O. The lowest BCUT2D eigenvalue weighted by molar-refractivity contribution is 0.0184. The van der Waals surface area contributed by atoms with Crippen LogP contribution in [0.2, 0.25) is 0 Å². The van der Waals surface area contributed by atoms with Gasteiger partial charge in [0.1, 0.15) is 0 Å². The number of hydrogen-bond donors (Lipinski definition) is 1. The largest absolute Gasteiger partial charge is 0.384 e. The Morgan fingerprint density at radius 3 is 3.00 bits per heavy atom. The van der Waals surface area contributed by atoms with Crippen LogP contribution in [0.3, 0.4) is 0 Å². The van der Waals surface area contributed by atoms with Crippen molar-refractivity contribution in [1.82, 2.24) is 9.80 Å². The first-order chi connectivity index (χ1) is 10.4. The summed E-state index contributed by atoms with van der Waals surface area (Å²) in [5.74, 6) is 0. The quantitative estimate of drug-likeness (QED) is 0.913. The van der Waals surface area contributed by atoms with Gasteiger partial charge in [-0.1, -0.05) is 12.1 Å². The highest BCUT2D eigenvalue weighted by Gasteiger charge is 2.28. The number of likely N-dealkylation sites (tertiary alicyclic amines) is 1. The van der Waals surface area contributed by atoms with Crippen LogP contribution in [0.1, 0.15) is 17.5 Å². The molecule has 0 aromatic heterocycles. The van der Waals surface area contributed by atoms with E-state index < -0.39 is 0 Å². The van der Waals surface area contributed by atoms with Crippen molar-refractivity contribution in [3.63, 3.8) is 0 Å². The normalized spacial score (nSPS) is 26.8. The van der Waals surface area contributed by atoms with Gasteiger partial charge in [0, 0.05) is 51.0 Å². The average molecular weight is 287 g/mol. The van der Waals surface area contributed by atoms with E-state index >= 15 is 0 Å². The fraction of sp³-hybridized carbons (Fsp3) is 0.647. The van der Waals surface area contributed by atoms with Crippen LogP contribution in [-0.2, 0) is 17.7 Å². The highest BCUT2D eigenvalue weighted by atomic mass is 16.5. The van der Waals surface area contributed by atoms with E-state index in [1.54, 1.807) is 0 Å². The third kappa shape index (κ3) is 2.93. The van der Waals surface area contributed by atoms with Gasteiger partial charge in [-0.15, -0.1) is 0 Å². The number of benzene rings is 1. The molecule has 4 rings (SSSR count). The fourth-order valence-corrected chi connectivity index (χ4v) is 3.91. The second-order valence-electron chi connectivity index (χ2n) is 6.49. The summed E-state index contributed by atoms with van der Waals surface area (Å²) in [5.41, 5.74) is 4.31. The van der Waals surface area contributed by atoms with E-state index in [4.69, 9.17) is 4.74 Å². The van der Waals surface area contributed by atoms with E-state index in [1.165, 1.54) is 42.7 Å². The zero-order chi connectivity index (χ0) is 14.1. The van der Waals surface area contributed by atoms with E-state index in [2.05, 4.69) is 33.3 Å². The molecule has 2 saturated heterocycles. The zero-order valence-electron chi connectivity index (χ0n) is 12.7. The molecule has 114 valence electrons. The van der Waals surface area contributed by atoms with E-state index in [9.17, 15) is 0 Å². The van der Waals surface area contributed by atoms with Crippen LogP contribution in [0.4, 0.5) is 5.69 Å². The molecule has 0 saturated carbocycles. The summed E-state index contributed by atoms with van der Waals surface area (Å²) in [7, 11) is 0. The Labute approximate surface area is 127 Å². The third-order valence-electron chi connectivity index (χ3n) is 5.10. The fourth-order valence-electron chi connectivity index (χ4n) is 3.91. The summed E-state index contributed by atoms with van der Waals surface area (Å²) < 4.78 is 5.46. The van der Waals surface area contributed by atoms with Crippen molar-refractivity contribution < 1.29 is 4.74 Å². The molecule has 1 unspecified atom stereocenters. The minimum Gasteiger partial charge on any atom is -0.384 e. The van der Waals surface area contributed by atoms with Crippen molar-refractivity contribution >= 4 is 5.69 Å². The van der Waals surface area contributed by atoms with Gasteiger partial charge in [0.05, 0.1) is 13.2 Å². The monoisotopic (exact) mass is 287 g/mol. The lowest BCUT2D eigenvalue weighted by Gasteiger charge is -2.32. The number of rotatable bonds is 3. The first kappa shape index (κ1) is 13.6. The Bertz CT molecular complexity index is 499. The van der Waals surface area contributed by atoms with Crippen LogP contribution in [0.25, 0.3) is 0 Å². The molecule has 21 heavy (non-hydrogen) atoms. The lowest BCUT2D eigenvalue weighted by atomic mass is 10.1. The second kappa shape index (κ2) is 5.95. The van der Waals surface area contributed by atoms with Gasteiger partial charge in [-0.2, -0.15) is 0 Å². The molecule has 1 N–H and O–H groups in total. The molecule has 1 atom stereocenters. The highest BCUT2D eigenvalue weighted by molar-refractivity contribution is 5.56. The van der Waals surface area contributed by atoms with Gasteiger partial charge in [-0.3, -0.25) is 9.80 Å². The molecular weight excluding hydrogens is 262 g/mol. The van der Waals surface area contributed by atoms with Crippen molar-refractivity contribution in [2.24, 2.45) is 0 Å². The number of nitrogens with one attached hydrogen (secondary N) is 1. The van der Waals surface area contributed by atoms with E-state index in [0.717, 1.165) is 45.4 Å². The van der Waals surface area contributed by atoms with Crippen molar-refractivity contribution in [3.05, 3.63) is 29.3 Å². The van der Waals surface area contributed by atoms with Gasteiger partial charge >= 0.3 is 0 Å². The number of ether oxygens (including phenoxy) is 1. The minimum atomic E-state index is 0.741. The van der Waals surface area contributed by atoms with Crippen LogP contribution >= 0.6 is 0 Å². The van der Waals surface area contributed by atoms with Crippen LogP contribution in [0, 0.1) is 0 Å². The summed E-state index contributed by atoms with van der Waals surface area (Å²) in [6, 6.07) is 7.69. The Morgan fingerprint density at radius 1 is 1.19 bits per heavy atom. The van der Waals surface area contributed by atoms with Gasteiger partial charge in [0.25, 0.3) is 0 Å². The molecule has 0 spiro atoms. The SMILES string of the molecule is c1cc2c(cc1CN1CCC(N3CCOCC3)C1)CCN2. The maximum Gasteiger partial charge on any atom is 0.0594 e. The number of fused-ring (bicyclic) bond motifs is 1. The van der Waals surface area contributed by atoms with Crippen molar-refractivity contribution in [2.45, 2.75) is 25.4 Å². The molecule has 0 bridgehead atoms. The van der Waals surface area contributed by atoms with E-state index in [1.807, 2.05) is 0 Å². The number of anilines is 1. The molecule has 0 aliphatic carbocycles. The van der Waals surface area contributed by atoms with Crippen LogP contribution in [0.15, 0.2) is 18.2 Å². The summed E-state index contributed by atoms with van der Waals surface area (Å²) in [5, 5.41) is 3.44. The molecule has 0 radical (unpaired) electrons. The summed E-state index contributed by atoms with van der Waals surface area (Å²) in [4.78, 5) is 5.24. The Morgan fingerprint density at radius 2 is 2.10 bits per heavy atom. The molecule has 1 aromatic rings. The number of hydrogen-bond acceptors (Lipinski definition) is 4. The van der Waals surface area contributed by atoms with Crippen LogP contribution < -0.4 is 5.32 Å². The zero-order valence-corrected chi connectivity index (χ0v) is 12.7. The van der Waals surface area contributed by atoms with Crippen molar-refractivity contribution in [3.8, 4) is 0 Å². The summed E-state index contributed by atoms with van der Waals surface area (Å²) >= 11 is 0. The Hall–Kier alpha value is -1.10. The predicted molar refractivity (Wildman–Crippen MR) is 84.7 cm³/mol. The van der Waals surface area contributed by atoms with Crippen LogP contribution in [0.5, 0.6) is 0 Å². The maximum atomic E-state index is 5.46. The smallest absolute Gasteiger partial charge is 0.0594 e. The highest BCUT2D eigenvalue weighted by Crippen LogP contribution is 2.25. The molecule has 2 fully saturated rings. The molecule has 3 aliphatic heterocycles. The second-order valence-corrected chi connectivity index (χ2v) is 6.49. The van der Waals surface area contributed by atoms with E-state index in [-0.39, 0.29) is 0 Å². The Balaban J connectivity index is 1.35. The standard InChI is InChI=1S/C17H25N3O/c1-2-17-15(3-5-18-17)11-14(1)12-19-6-4-16(13-19)20-7-9-21-10-8-20/h1-2,11,16,18H,3-10,12-13H2. The molecule has 3 heterocycles. The topological polar surface area (TPSA) is 27.7 Å². The van der Waals surface area contributed by atoms with Crippen molar-refractivity contribution in [2.75, 3.05) is 51.3 Å². The maximum absolute atomic E-state index is 5.46. The van der Waals surface area contributed by atoms with E-state index in [0.29, 0.717) is 0 Å². The van der Waals surface area contributed by atoms with Gasteiger partial charge in [-0.25, -0.2) is 0 Å². The van der Waals surface area contributed by atoms with Crippen molar-refractivity contribution in [1.29, 1.82) is 0 Å². The van der Waals surface area contributed by atoms with Crippen LogP contribution in [-0.4, -0.2) is 61.8 Å². The number of nitrogens with zero attached hydrogens (tertiary/aromatic N) is 2. The average Bonchev–Trinajstić information content (AvgIpc) is 3.17. The predicted octanol–water partition coefficient (Wildman–Crippen LogP) is 1.56. The minimum absolute atomic E-state index is 0.741. The molecule has 4 heteroatoms. The first-order valence-electron chi connectivity index (χ1n) is 8.28. The van der Waals surface area contributed by atoms with Gasteiger partial charge in [0.2, 0.25) is 0 Å².